The molecule has 0 aliphatic heterocycles. The van der Waals surface area contributed by atoms with Crippen LogP contribution in [0, 0.1) is 10.8 Å². The second kappa shape index (κ2) is 11.5. The minimum absolute atomic E-state index is 0. The van der Waals surface area contributed by atoms with Gasteiger partial charge in [0, 0.05) is 8.07 Å². The van der Waals surface area contributed by atoms with Crippen molar-refractivity contribution in [1.29, 1.82) is 0 Å². The molecule has 4 heteroatoms. The normalized spacial score (nSPS) is 20.7. The summed E-state index contributed by atoms with van der Waals surface area (Å²) in [5, 5.41) is 10.0. The Labute approximate surface area is 205 Å². The van der Waals surface area contributed by atoms with E-state index < -0.39 is 16.4 Å². The minimum Gasteiger partial charge on any atom is -0.410 e. The summed E-state index contributed by atoms with van der Waals surface area (Å²) in [6.07, 6.45) is 8.50. The van der Waals surface area contributed by atoms with E-state index in [-0.39, 0.29) is 25.0 Å². The molecule has 192 valence electrons. The van der Waals surface area contributed by atoms with Crippen molar-refractivity contribution in [3.8, 4) is 0 Å². The third-order valence-electron chi connectivity index (χ3n) is 8.39. The van der Waals surface area contributed by atoms with Gasteiger partial charge < -0.3 is 9.53 Å². The van der Waals surface area contributed by atoms with Gasteiger partial charge in [-0.3, -0.25) is 0 Å². The van der Waals surface area contributed by atoms with Crippen molar-refractivity contribution in [2.75, 3.05) is 0 Å². The molecule has 0 aromatic carbocycles. The summed E-state index contributed by atoms with van der Waals surface area (Å²) < 4.78 is 6.40. The van der Waals surface area contributed by atoms with Crippen molar-refractivity contribution in [3.05, 3.63) is 25.3 Å². The number of rotatable bonds is 6. The molecule has 0 aromatic rings. The van der Waals surface area contributed by atoms with Gasteiger partial charge in [0.1, 0.15) is 0 Å². The van der Waals surface area contributed by atoms with E-state index >= 15 is 0 Å². The molecule has 2 saturated carbocycles. The molecule has 2 fully saturated rings. The average molecular weight is 485 g/mol. The van der Waals surface area contributed by atoms with Crippen LogP contribution in [0.5, 0.6) is 0 Å². The van der Waals surface area contributed by atoms with E-state index in [0.717, 1.165) is 12.8 Å². The zero-order chi connectivity index (χ0) is 25.1. The van der Waals surface area contributed by atoms with Crippen molar-refractivity contribution in [2.24, 2.45) is 10.8 Å². The fourth-order valence-electron chi connectivity index (χ4n) is 2.23. The summed E-state index contributed by atoms with van der Waals surface area (Å²) in [6, 6.07) is 0. The first-order valence-corrected chi connectivity index (χ1v) is 18.6. The number of aliphatic hydroxyl groups is 1. The average Bonchev–Trinajstić information content (AvgIpc) is 3.50. The molecular formula is C28H60O2Si2. The predicted octanol–water partition coefficient (Wildman–Crippen LogP) is 9.46. The van der Waals surface area contributed by atoms with E-state index in [4.69, 9.17) is 9.53 Å². The zero-order valence-corrected chi connectivity index (χ0v) is 25.4. The molecule has 2 rings (SSSR count). The maximum absolute atomic E-state index is 9.14. The lowest BCUT2D eigenvalue weighted by Crippen LogP contribution is -2.45. The molecular weight excluding hydrogens is 424 g/mol. The van der Waals surface area contributed by atoms with Gasteiger partial charge in [0.15, 0.2) is 8.32 Å². The Hall–Kier alpha value is -0.166. The zero-order valence-electron chi connectivity index (χ0n) is 23.4. The van der Waals surface area contributed by atoms with Crippen LogP contribution in [-0.2, 0) is 4.43 Å². The summed E-state index contributed by atoms with van der Waals surface area (Å²) in [5.74, 6) is 0. The van der Waals surface area contributed by atoms with Crippen LogP contribution in [0.15, 0.2) is 25.3 Å². The van der Waals surface area contributed by atoms with Gasteiger partial charge in [-0.15, -0.1) is 13.2 Å². The Morgan fingerprint density at radius 3 is 1.28 bits per heavy atom. The van der Waals surface area contributed by atoms with E-state index in [1.807, 2.05) is 6.08 Å². The lowest BCUT2D eigenvalue weighted by Gasteiger charge is -2.40. The summed E-state index contributed by atoms with van der Waals surface area (Å²) in [6.45, 7) is 37.6. The number of aliphatic hydroxyl groups excluding tert-OH is 1. The van der Waals surface area contributed by atoms with Gasteiger partial charge in [0.25, 0.3) is 0 Å². The number of hydrogen-bond acceptors (Lipinski definition) is 2. The monoisotopic (exact) mass is 484 g/mol. The molecule has 2 atom stereocenters. The van der Waals surface area contributed by atoms with Crippen LogP contribution in [0.4, 0.5) is 0 Å². The highest BCUT2D eigenvalue weighted by molar-refractivity contribution is 6.78. The molecule has 0 bridgehead atoms. The maximum Gasteiger partial charge on any atom is 0.192 e. The third kappa shape index (κ3) is 10.4. The van der Waals surface area contributed by atoms with Gasteiger partial charge in [-0.1, -0.05) is 94.6 Å². The summed E-state index contributed by atoms with van der Waals surface area (Å²) in [7, 11) is -2.49. The second-order valence-electron chi connectivity index (χ2n) is 14.0. The van der Waals surface area contributed by atoms with Crippen LogP contribution in [0.1, 0.15) is 88.5 Å². The summed E-state index contributed by atoms with van der Waals surface area (Å²) >= 11 is 0. The molecule has 2 nitrogen and oxygen atoms in total. The molecule has 0 radical (unpaired) electrons. The Morgan fingerprint density at radius 1 is 0.781 bits per heavy atom. The first kappa shape index (κ1) is 34.0. The second-order valence-corrected chi connectivity index (χ2v) is 24.8. The first-order valence-electron chi connectivity index (χ1n) is 12.2. The summed E-state index contributed by atoms with van der Waals surface area (Å²) in [4.78, 5) is 0. The Bertz CT molecular complexity index is 568. The predicted molar refractivity (Wildman–Crippen MR) is 153 cm³/mol. The van der Waals surface area contributed by atoms with Crippen molar-refractivity contribution in [1.82, 2.24) is 0 Å². The molecule has 1 N–H and O–H groups in total. The Kier molecular flexibility index (Phi) is 12.2. The molecule has 2 unspecified atom stereocenters. The smallest absolute Gasteiger partial charge is 0.192 e. The SMILES string of the molecule is C.C=CC(O)C1(C)CC1.C=CC(O[Si](C)(C)C(C)(C)C)C1(C)CC1.CC(C)(C)[Si](C)(C)C. The van der Waals surface area contributed by atoms with Gasteiger partial charge >= 0.3 is 0 Å². The van der Waals surface area contributed by atoms with Crippen LogP contribution >= 0.6 is 0 Å². The highest BCUT2D eigenvalue weighted by atomic mass is 28.4. The third-order valence-corrected chi connectivity index (χ3v) is 17.3. The first-order chi connectivity index (χ1) is 13.6. The van der Waals surface area contributed by atoms with Crippen LogP contribution in [-0.4, -0.2) is 33.7 Å². The van der Waals surface area contributed by atoms with Crippen LogP contribution in [0.25, 0.3) is 0 Å². The topological polar surface area (TPSA) is 29.5 Å². The standard InChI is InChI=1S/C13H26OSi.C7H12O.C7H18Si.CH4/c1-8-11(13(5)9-10-13)14-15(6,7)12(2,3)4;1-3-6(8)7(2)4-5-7;1-7(2,3)8(4,5)6;/h8,11H,1,9-10H2,2-7H3;3,6,8H,1,4-5H2,2H3;1-6H3;1H4. The van der Waals surface area contributed by atoms with Crippen LogP contribution in [0.3, 0.4) is 0 Å². The lowest BCUT2D eigenvalue weighted by atomic mass is 10.0. The van der Waals surface area contributed by atoms with Crippen LogP contribution < -0.4 is 0 Å². The Balaban J connectivity index is 0. The van der Waals surface area contributed by atoms with Gasteiger partial charge in [0.2, 0.25) is 0 Å². The highest BCUT2D eigenvalue weighted by Crippen LogP contribution is 2.52. The molecule has 0 aromatic heterocycles. The van der Waals surface area contributed by atoms with E-state index in [1.54, 1.807) is 6.08 Å². The largest absolute Gasteiger partial charge is 0.410 e. The molecule has 0 amide bonds. The highest BCUT2D eigenvalue weighted by Gasteiger charge is 2.48. The van der Waals surface area contributed by atoms with Crippen molar-refractivity contribution >= 4 is 16.4 Å². The van der Waals surface area contributed by atoms with E-state index in [9.17, 15) is 0 Å². The minimum atomic E-state index is -1.63. The fourth-order valence-corrected chi connectivity index (χ4v) is 3.60. The molecule has 2 aliphatic rings. The molecule has 0 spiro atoms. The fraction of sp³-hybridized carbons (Fsp3) is 0.857. The lowest BCUT2D eigenvalue weighted by molar-refractivity contribution is 0.149. The van der Waals surface area contributed by atoms with E-state index in [1.165, 1.54) is 12.8 Å². The van der Waals surface area contributed by atoms with Crippen LogP contribution in [0.2, 0.25) is 42.8 Å². The van der Waals surface area contributed by atoms with Crippen molar-refractivity contribution in [2.45, 2.75) is 144 Å². The molecule has 0 saturated heterocycles. The quantitative estimate of drug-likeness (QED) is 0.300. The van der Waals surface area contributed by atoms with E-state index in [2.05, 4.69) is 101 Å². The van der Waals surface area contributed by atoms with Gasteiger partial charge in [-0.05, 0) is 59.7 Å². The van der Waals surface area contributed by atoms with Gasteiger partial charge in [-0.2, -0.15) is 0 Å². The molecule has 0 heterocycles. The summed E-state index contributed by atoms with van der Waals surface area (Å²) in [5.41, 5.74) is 0.582. The van der Waals surface area contributed by atoms with Gasteiger partial charge in [0.05, 0.1) is 12.2 Å². The Morgan fingerprint density at radius 2 is 1.12 bits per heavy atom. The molecule has 2 aliphatic carbocycles. The maximum atomic E-state index is 9.14. The van der Waals surface area contributed by atoms with Crippen molar-refractivity contribution < 1.29 is 9.53 Å². The number of hydrogen-bond donors (Lipinski definition) is 1. The van der Waals surface area contributed by atoms with Gasteiger partial charge in [-0.25, -0.2) is 0 Å². The van der Waals surface area contributed by atoms with Crippen molar-refractivity contribution in [3.63, 3.8) is 0 Å². The molecule has 32 heavy (non-hydrogen) atoms. The van der Waals surface area contributed by atoms with E-state index in [0.29, 0.717) is 15.5 Å².